The maximum atomic E-state index is 13.4. The Morgan fingerprint density at radius 2 is 1.79 bits per heavy atom. The fourth-order valence-corrected chi connectivity index (χ4v) is 2.14. The summed E-state index contributed by atoms with van der Waals surface area (Å²) in [5, 5.41) is 9.45. The maximum Gasteiger partial charge on any atom is 0.145 e. The molecule has 0 saturated heterocycles. The van der Waals surface area contributed by atoms with E-state index in [1.165, 1.54) is 12.1 Å². The molecule has 0 radical (unpaired) electrons. The van der Waals surface area contributed by atoms with Gasteiger partial charge < -0.3 is 0 Å². The van der Waals surface area contributed by atoms with E-state index in [1.54, 1.807) is 12.1 Å². The number of hydrogen-bond donors (Lipinski definition) is 0. The Labute approximate surface area is 124 Å². The Morgan fingerprint density at radius 1 is 1.16 bits per heavy atom. The van der Waals surface area contributed by atoms with Gasteiger partial charge in [0.25, 0.3) is 0 Å². The number of nitrogens with zero attached hydrogens (tertiary/aromatic N) is 2. The van der Waals surface area contributed by atoms with E-state index < -0.39 is 5.82 Å². The normalized spacial score (nSPS) is 10.3. The monoisotopic (exact) mass is 314 g/mol. The molecule has 19 heavy (non-hydrogen) atoms. The highest BCUT2D eigenvalue weighted by atomic mass is 35.5. The Balaban J connectivity index is 2.54. The van der Waals surface area contributed by atoms with Crippen LogP contribution in [0.3, 0.4) is 0 Å². The molecule has 2 rings (SSSR count). The van der Waals surface area contributed by atoms with E-state index in [1.807, 2.05) is 6.07 Å². The van der Waals surface area contributed by atoms with Crippen LogP contribution in [0.1, 0.15) is 5.69 Å². The lowest BCUT2D eigenvalue weighted by molar-refractivity contribution is 0.606. The van der Waals surface area contributed by atoms with Crippen LogP contribution < -0.4 is 0 Å². The van der Waals surface area contributed by atoms with Gasteiger partial charge in [0.05, 0.1) is 38.9 Å². The molecule has 0 aliphatic rings. The Morgan fingerprint density at radius 3 is 2.37 bits per heavy atom. The van der Waals surface area contributed by atoms with E-state index in [0.717, 1.165) is 0 Å². The third kappa shape index (κ3) is 2.98. The van der Waals surface area contributed by atoms with Gasteiger partial charge >= 0.3 is 0 Å². The zero-order valence-corrected chi connectivity index (χ0v) is 11.7. The summed E-state index contributed by atoms with van der Waals surface area (Å²) in [5.74, 6) is -0.517. The van der Waals surface area contributed by atoms with Crippen molar-refractivity contribution in [2.75, 3.05) is 0 Å². The van der Waals surface area contributed by atoms with E-state index in [4.69, 9.17) is 40.1 Å². The molecule has 0 atom stereocenters. The summed E-state index contributed by atoms with van der Waals surface area (Å²) in [7, 11) is 0. The van der Waals surface area contributed by atoms with Gasteiger partial charge in [-0.3, -0.25) is 0 Å². The van der Waals surface area contributed by atoms with Crippen LogP contribution in [-0.2, 0) is 6.42 Å². The number of aromatic nitrogens is 1. The van der Waals surface area contributed by atoms with E-state index >= 15 is 0 Å². The van der Waals surface area contributed by atoms with Gasteiger partial charge in [-0.25, -0.2) is 9.37 Å². The molecule has 0 fully saturated rings. The summed E-state index contributed by atoms with van der Waals surface area (Å²) in [5.41, 5.74) is 1.17. The second-order valence-electron chi connectivity index (χ2n) is 3.71. The first-order valence-electron chi connectivity index (χ1n) is 5.20. The number of benzene rings is 1. The Kier molecular flexibility index (Phi) is 4.26. The van der Waals surface area contributed by atoms with Crippen LogP contribution in [0.4, 0.5) is 4.39 Å². The number of halogens is 4. The van der Waals surface area contributed by atoms with Crippen molar-refractivity contribution in [2.24, 2.45) is 0 Å². The molecule has 2 nitrogen and oxygen atoms in total. The van der Waals surface area contributed by atoms with E-state index in [9.17, 15) is 4.39 Å². The van der Waals surface area contributed by atoms with Crippen molar-refractivity contribution >= 4 is 34.8 Å². The first-order chi connectivity index (χ1) is 9.02. The van der Waals surface area contributed by atoms with Crippen LogP contribution in [0, 0.1) is 17.1 Å². The molecule has 0 spiro atoms. The summed E-state index contributed by atoms with van der Waals surface area (Å²) >= 11 is 17.7. The van der Waals surface area contributed by atoms with Crippen LogP contribution in [-0.4, -0.2) is 4.98 Å². The summed E-state index contributed by atoms with van der Waals surface area (Å²) < 4.78 is 13.4. The third-order valence-corrected chi connectivity index (χ3v) is 3.64. The lowest BCUT2D eigenvalue weighted by Gasteiger charge is -2.06. The minimum atomic E-state index is -0.517. The number of rotatable bonds is 2. The van der Waals surface area contributed by atoms with Crippen molar-refractivity contribution in [3.63, 3.8) is 0 Å². The zero-order valence-electron chi connectivity index (χ0n) is 9.42. The van der Waals surface area contributed by atoms with Crippen molar-refractivity contribution in [3.05, 3.63) is 50.8 Å². The largest absolute Gasteiger partial charge is 0.249 e. The molecule has 0 aliphatic carbocycles. The van der Waals surface area contributed by atoms with Crippen molar-refractivity contribution in [1.29, 1.82) is 5.26 Å². The predicted octanol–water partition coefficient (Wildman–Crippen LogP) is 4.91. The smallest absolute Gasteiger partial charge is 0.145 e. The Hall–Kier alpha value is -1.34. The molecule has 0 bridgehead atoms. The minimum absolute atomic E-state index is 0.0854. The number of nitriles is 1. The zero-order chi connectivity index (χ0) is 14.0. The number of pyridine rings is 1. The van der Waals surface area contributed by atoms with Crippen LogP contribution in [0.5, 0.6) is 0 Å². The average Bonchev–Trinajstić information content (AvgIpc) is 2.38. The van der Waals surface area contributed by atoms with Crippen LogP contribution in [0.25, 0.3) is 11.3 Å². The molecule has 0 N–H and O–H groups in total. The van der Waals surface area contributed by atoms with Crippen LogP contribution in [0.2, 0.25) is 15.1 Å². The molecule has 0 amide bonds. The second kappa shape index (κ2) is 5.75. The second-order valence-corrected chi connectivity index (χ2v) is 4.91. The van der Waals surface area contributed by atoms with Gasteiger partial charge in [-0.2, -0.15) is 5.26 Å². The summed E-state index contributed by atoms with van der Waals surface area (Å²) in [6, 6.07) is 7.79. The van der Waals surface area contributed by atoms with Gasteiger partial charge in [-0.1, -0.05) is 34.8 Å². The highest BCUT2D eigenvalue weighted by Crippen LogP contribution is 2.34. The fourth-order valence-electron chi connectivity index (χ4n) is 1.55. The molecule has 1 aromatic carbocycles. The van der Waals surface area contributed by atoms with Crippen molar-refractivity contribution in [1.82, 2.24) is 4.98 Å². The van der Waals surface area contributed by atoms with Gasteiger partial charge in [-0.05, 0) is 24.3 Å². The van der Waals surface area contributed by atoms with Crippen molar-refractivity contribution < 1.29 is 4.39 Å². The molecule has 96 valence electrons. The molecule has 0 aliphatic heterocycles. The first-order valence-corrected chi connectivity index (χ1v) is 6.33. The molecule has 1 heterocycles. The van der Waals surface area contributed by atoms with Gasteiger partial charge in [-0.15, -0.1) is 0 Å². The molecule has 0 unspecified atom stereocenters. The quantitative estimate of drug-likeness (QED) is 0.738. The summed E-state index contributed by atoms with van der Waals surface area (Å²) in [6.45, 7) is 0. The van der Waals surface area contributed by atoms with E-state index in [-0.39, 0.29) is 27.2 Å². The predicted molar refractivity (Wildman–Crippen MR) is 74.0 cm³/mol. The highest BCUT2D eigenvalue weighted by Gasteiger charge is 2.11. The fraction of sp³-hybridized carbons (Fsp3) is 0.0769. The minimum Gasteiger partial charge on any atom is -0.249 e. The number of hydrogen-bond acceptors (Lipinski definition) is 2. The van der Waals surface area contributed by atoms with E-state index in [0.29, 0.717) is 11.3 Å². The van der Waals surface area contributed by atoms with E-state index in [2.05, 4.69) is 4.98 Å². The Bertz CT molecular complexity index is 657. The van der Waals surface area contributed by atoms with Crippen LogP contribution >= 0.6 is 34.8 Å². The van der Waals surface area contributed by atoms with Gasteiger partial charge in [0.1, 0.15) is 5.82 Å². The molecule has 0 saturated carbocycles. The molecular formula is C13H6Cl3FN2. The maximum absolute atomic E-state index is 13.4. The summed E-state index contributed by atoms with van der Waals surface area (Å²) in [4.78, 5) is 4.09. The highest BCUT2D eigenvalue weighted by molar-refractivity contribution is 6.48. The van der Waals surface area contributed by atoms with Crippen molar-refractivity contribution in [2.45, 2.75) is 6.42 Å². The third-order valence-electron chi connectivity index (χ3n) is 2.44. The average molecular weight is 316 g/mol. The standard InChI is InChI=1S/C13H6Cl3FN2/c14-8-5-7(6-9(15)13(8)16)11-2-1-10(17)12(19-11)3-4-18/h1-2,5-6H,3H2. The van der Waals surface area contributed by atoms with Crippen molar-refractivity contribution in [3.8, 4) is 17.3 Å². The van der Waals surface area contributed by atoms with Gasteiger partial charge in [0, 0.05) is 5.56 Å². The first kappa shape index (κ1) is 14.1. The van der Waals surface area contributed by atoms with Gasteiger partial charge in [0.2, 0.25) is 0 Å². The molecule has 2 aromatic rings. The SMILES string of the molecule is N#CCc1nc(-c2cc(Cl)c(Cl)c(Cl)c2)ccc1F. The lowest BCUT2D eigenvalue weighted by Crippen LogP contribution is -1.96. The lowest BCUT2D eigenvalue weighted by atomic mass is 10.1. The molecular weight excluding hydrogens is 310 g/mol. The van der Waals surface area contributed by atoms with Crippen LogP contribution in [0.15, 0.2) is 24.3 Å². The van der Waals surface area contributed by atoms with Gasteiger partial charge in [0.15, 0.2) is 0 Å². The molecule has 1 aromatic heterocycles. The summed E-state index contributed by atoms with van der Waals surface area (Å²) in [6.07, 6.45) is -0.102. The molecule has 6 heteroatoms. The topological polar surface area (TPSA) is 36.7 Å².